The number of carbonyl (C=O) groups excluding carboxylic acids is 2. The predicted octanol–water partition coefficient (Wildman–Crippen LogP) is 5.82. The van der Waals surface area contributed by atoms with E-state index in [4.69, 9.17) is 9.84 Å². The highest BCUT2D eigenvalue weighted by molar-refractivity contribution is 5.94. The second kappa shape index (κ2) is 11.7. The molecule has 1 aromatic carbocycles. The molecule has 0 radical (unpaired) electrons. The van der Waals surface area contributed by atoms with Gasteiger partial charge in [0, 0.05) is 24.4 Å². The van der Waals surface area contributed by atoms with Crippen molar-refractivity contribution < 1.29 is 14.3 Å². The van der Waals surface area contributed by atoms with E-state index in [0.717, 1.165) is 30.0 Å². The number of nitrogens with zero attached hydrogens (tertiary/aromatic N) is 3. The Morgan fingerprint density at radius 2 is 1.74 bits per heavy atom. The molecule has 1 aromatic heterocycles. The van der Waals surface area contributed by atoms with Gasteiger partial charge in [-0.05, 0) is 48.4 Å². The van der Waals surface area contributed by atoms with Gasteiger partial charge in [0.15, 0.2) is 0 Å². The molecule has 0 aliphatic heterocycles. The molecule has 1 unspecified atom stereocenters. The number of nitrogens with one attached hydrogen (secondary N) is 1. The van der Waals surface area contributed by atoms with E-state index in [-0.39, 0.29) is 35.1 Å². The van der Waals surface area contributed by atoms with Crippen molar-refractivity contribution >= 4 is 17.6 Å². The minimum Gasteiger partial charge on any atom is -0.497 e. The maximum absolute atomic E-state index is 13.1. The first-order valence-electron chi connectivity index (χ1n) is 12.6. The Bertz CT molecular complexity index is 981. The monoisotopic (exact) mass is 484 g/mol. The third-order valence-electron chi connectivity index (χ3n) is 5.73. The molecular weight excluding hydrogens is 440 g/mol. The number of carbonyl (C=O) groups is 2. The summed E-state index contributed by atoms with van der Waals surface area (Å²) in [6, 6.07) is 9.42. The highest BCUT2D eigenvalue weighted by Gasteiger charge is 2.24. The van der Waals surface area contributed by atoms with Crippen molar-refractivity contribution in [1.82, 2.24) is 14.7 Å². The summed E-state index contributed by atoms with van der Waals surface area (Å²) in [5.74, 6) is 1.38. The van der Waals surface area contributed by atoms with Crippen LogP contribution in [0.25, 0.3) is 5.69 Å². The summed E-state index contributed by atoms with van der Waals surface area (Å²) in [5.41, 5.74) is 1.65. The van der Waals surface area contributed by atoms with E-state index in [1.54, 1.807) is 16.7 Å². The highest BCUT2D eigenvalue weighted by atomic mass is 16.5. The summed E-state index contributed by atoms with van der Waals surface area (Å²) in [6.07, 6.45) is 2.20. The van der Waals surface area contributed by atoms with Crippen molar-refractivity contribution in [2.75, 3.05) is 25.5 Å². The molecule has 0 aliphatic rings. The first-order valence-corrected chi connectivity index (χ1v) is 12.6. The fraction of sp³-hybridized carbons (Fsp3) is 0.607. The molecule has 1 N–H and O–H groups in total. The van der Waals surface area contributed by atoms with E-state index in [0.29, 0.717) is 18.8 Å². The van der Waals surface area contributed by atoms with Gasteiger partial charge in [-0.25, -0.2) is 4.68 Å². The number of methoxy groups -OCH3 is 1. The Morgan fingerprint density at radius 1 is 1.11 bits per heavy atom. The molecule has 0 saturated heterocycles. The topological polar surface area (TPSA) is 76.5 Å². The average molecular weight is 485 g/mol. The van der Waals surface area contributed by atoms with Crippen molar-refractivity contribution in [3.8, 4) is 11.4 Å². The molecule has 1 heterocycles. The number of ether oxygens (including phenoxy) is 1. The molecule has 2 amide bonds. The Balaban J connectivity index is 2.21. The standard InChI is InChI=1S/C28H44N4O3/c1-10-15-31(26(34)16-20(2)18-27(3,4)5)19-25(33)29-24-17-23(28(6,7)8)30-32(24)21-11-13-22(35-9)14-12-21/h11-14,17,20H,10,15-16,18-19H2,1-9H3,(H,29,33). The summed E-state index contributed by atoms with van der Waals surface area (Å²) < 4.78 is 7.00. The second-order valence-electron chi connectivity index (χ2n) is 11.7. The Hall–Kier alpha value is -2.83. The zero-order chi connectivity index (χ0) is 26.4. The van der Waals surface area contributed by atoms with E-state index < -0.39 is 0 Å². The van der Waals surface area contributed by atoms with Crippen LogP contribution >= 0.6 is 0 Å². The second-order valence-corrected chi connectivity index (χ2v) is 11.7. The van der Waals surface area contributed by atoms with Gasteiger partial charge in [-0.1, -0.05) is 55.4 Å². The zero-order valence-corrected chi connectivity index (χ0v) is 23.1. The molecular formula is C28H44N4O3. The summed E-state index contributed by atoms with van der Waals surface area (Å²) in [4.78, 5) is 27.8. The molecule has 0 spiro atoms. The van der Waals surface area contributed by atoms with E-state index >= 15 is 0 Å². The van der Waals surface area contributed by atoms with Crippen molar-refractivity contribution in [3.05, 3.63) is 36.0 Å². The van der Waals surface area contributed by atoms with Gasteiger partial charge in [-0.15, -0.1) is 0 Å². The van der Waals surface area contributed by atoms with Crippen molar-refractivity contribution in [3.63, 3.8) is 0 Å². The predicted molar refractivity (Wildman–Crippen MR) is 142 cm³/mol. The Kier molecular flexibility index (Phi) is 9.52. The Morgan fingerprint density at radius 3 is 2.26 bits per heavy atom. The zero-order valence-electron chi connectivity index (χ0n) is 23.1. The van der Waals surface area contributed by atoms with E-state index in [1.807, 2.05) is 37.3 Å². The number of amides is 2. The first kappa shape index (κ1) is 28.4. The lowest BCUT2D eigenvalue weighted by atomic mass is 9.84. The molecule has 0 bridgehead atoms. The van der Waals surface area contributed by atoms with Crippen LogP contribution in [0.15, 0.2) is 30.3 Å². The van der Waals surface area contributed by atoms with Crippen LogP contribution in [0.5, 0.6) is 5.75 Å². The van der Waals surface area contributed by atoms with E-state index in [2.05, 4.69) is 53.8 Å². The van der Waals surface area contributed by atoms with Crippen LogP contribution in [0.4, 0.5) is 5.82 Å². The minimum atomic E-state index is -0.231. The Labute approximate surface area is 211 Å². The molecule has 35 heavy (non-hydrogen) atoms. The largest absolute Gasteiger partial charge is 0.497 e. The number of benzene rings is 1. The maximum atomic E-state index is 13.1. The fourth-order valence-corrected chi connectivity index (χ4v) is 4.22. The lowest BCUT2D eigenvalue weighted by molar-refractivity contribution is -0.135. The van der Waals surface area contributed by atoms with Crippen LogP contribution in [-0.2, 0) is 15.0 Å². The van der Waals surface area contributed by atoms with Gasteiger partial charge in [0.25, 0.3) is 0 Å². The van der Waals surface area contributed by atoms with Crippen molar-refractivity contribution in [1.29, 1.82) is 0 Å². The van der Waals surface area contributed by atoms with Gasteiger partial charge in [-0.3, -0.25) is 9.59 Å². The lowest BCUT2D eigenvalue weighted by Crippen LogP contribution is -2.39. The molecule has 0 aliphatic carbocycles. The highest BCUT2D eigenvalue weighted by Crippen LogP contribution is 2.28. The average Bonchev–Trinajstić information content (AvgIpc) is 3.16. The van der Waals surface area contributed by atoms with Gasteiger partial charge in [0.2, 0.25) is 11.8 Å². The van der Waals surface area contributed by atoms with Gasteiger partial charge in [0.05, 0.1) is 25.0 Å². The fourth-order valence-electron chi connectivity index (χ4n) is 4.22. The van der Waals surface area contributed by atoms with Crippen LogP contribution in [0.1, 0.15) is 80.3 Å². The third-order valence-corrected chi connectivity index (χ3v) is 5.73. The molecule has 0 fully saturated rings. The summed E-state index contributed by atoms with van der Waals surface area (Å²) >= 11 is 0. The summed E-state index contributed by atoms with van der Waals surface area (Å²) in [6.45, 7) is 17.5. The molecule has 7 heteroatoms. The molecule has 2 rings (SSSR count). The van der Waals surface area contributed by atoms with Crippen LogP contribution in [-0.4, -0.2) is 46.7 Å². The van der Waals surface area contributed by atoms with Crippen LogP contribution in [0, 0.1) is 11.3 Å². The number of rotatable bonds is 10. The van der Waals surface area contributed by atoms with Crippen molar-refractivity contribution in [2.24, 2.45) is 11.3 Å². The van der Waals surface area contributed by atoms with Crippen LogP contribution in [0.2, 0.25) is 0 Å². The van der Waals surface area contributed by atoms with E-state index in [9.17, 15) is 9.59 Å². The van der Waals surface area contributed by atoms with Crippen LogP contribution in [0.3, 0.4) is 0 Å². The van der Waals surface area contributed by atoms with Gasteiger partial charge in [0.1, 0.15) is 11.6 Å². The smallest absolute Gasteiger partial charge is 0.245 e. The molecule has 2 aromatic rings. The molecule has 0 saturated carbocycles. The molecule has 194 valence electrons. The van der Waals surface area contributed by atoms with Crippen molar-refractivity contribution in [2.45, 2.75) is 80.1 Å². The first-order chi connectivity index (χ1) is 16.2. The third kappa shape index (κ3) is 8.71. The molecule has 7 nitrogen and oxygen atoms in total. The SMILES string of the molecule is CCCN(CC(=O)Nc1cc(C(C)(C)C)nn1-c1ccc(OC)cc1)C(=O)CC(C)CC(C)(C)C. The summed E-state index contributed by atoms with van der Waals surface area (Å²) in [5, 5.41) is 7.77. The number of anilines is 1. The number of hydrogen-bond acceptors (Lipinski definition) is 4. The number of hydrogen-bond donors (Lipinski definition) is 1. The number of aromatic nitrogens is 2. The van der Waals surface area contributed by atoms with Crippen LogP contribution < -0.4 is 10.1 Å². The maximum Gasteiger partial charge on any atom is 0.245 e. The lowest BCUT2D eigenvalue weighted by Gasteiger charge is -2.26. The summed E-state index contributed by atoms with van der Waals surface area (Å²) in [7, 11) is 1.62. The molecule has 1 atom stereocenters. The van der Waals surface area contributed by atoms with Gasteiger partial charge >= 0.3 is 0 Å². The van der Waals surface area contributed by atoms with E-state index in [1.165, 1.54) is 0 Å². The quantitative estimate of drug-likeness (QED) is 0.461. The normalized spacial score (nSPS) is 12.8. The van der Waals surface area contributed by atoms with Gasteiger partial charge in [-0.2, -0.15) is 5.10 Å². The minimum absolute atomic E-state index is 0.0214. The van der Waals surface area contributed by atoms with Gasteiger partial charge < -0.3 is 15.0 Å².